The van der Waals surface area contributed by atoms with Crippen LogP contribution in [0.5, 0.6) is 5.75 Å². The van der Waals surface area contributed by atoms with E-state index in [0.29, 0.717) is 5.95 Å². The number of hydrogen-bond acceptors (Lipinski definition) is 6. The summed E-state index contributed by atoms with van der Waals surface area (Å²) >= 11 is 1.77. The van der Waals surface area contributed by atoms with Crippen molar-refractivity contribution < 1.29 is 4.74 Å². The van der Waals surface area contributed by atoms with Gasteiger partial charge in [-0.05, 0) is 79.8 Å². The summed E-state index contributed by atoms with van der Waals surface area (Å²) < 4.78 is 9.08. The number of nitrogens with zero attached hydrogens (tertiary/aromatic N) is 4. The predicted octanol–water partition coefficient (Wildman–Crippen LogP) is 5.83. The maximum atomic E-state index is 5.91. The fraction of sp³-hybridized carbons (Fsp3) is 0.231. The molecule has 166 valence electrons. The maximum absolute atomic E-state index is 5.91. The van der Waals surface area contributed by atoms with Crippen LogP contribution in [0, 0.1) is 0 Å². The summed E-state index contributed by atoms with van der Waals surface area (Å²) in [6, 6.07) is 24.7. The number of nitrogens with one attached hydrogen (secondary N) is 1. The van der Waals surface area contributed by atoms with Gasteiger partial charge in [-0.1, -0.05) is 24.3 Å². The van der Waals surface area contributed by atoms with Crippen molar-refractivity contribution in [2.45, 2.75) is 12.8 Å². The minimum Gasteiger partial charge on any atom is -0.492 e. The summed E-state index contributed by atoms with van der Waals surface area (Å²) in [5.41, 5.74) is 2.78. The van der Waals surface area contributed by atoms with Crippen molar-refractivity contribution in [1.29, 1.82) is 0 Å². The number of pyridine rings is 1. The van der Waals surface area contributed by atoms with Crippen molar-refractivity contribution in [2.75, 3.05) is 31.6 Å². The fourth-order valence-electron chi connectivity index (χ4n) is 4.32. The van der Waals surface area contributed by atoms with Crippen LogP contribution in [0.4, 0.5) is 11.6 Å². The number of likely N-dealkylation sites (tertiary alicyclic amines) is 1. The van der Waals surface area contributed by atoms with E-state index in [-0.39, 0.29) is 0 Å². The molecule has 3 aromatic heterocycles. The summed E-state index contributed by atoms with van der Waals surface area (Å²) in [6.07, 6.45) is 2.62. The van der Waals surface area contributed by atoms with Gasteiger partial charge in [0.15, 0.2) is 5.65 Å². The van der Waals surface area contributed by atoms with Crippen molar-refractivity contribution in [1.82, 2.24) is 19.5 Å². The molecule has 0 spiro atoms. The van der Waals surface area contributed by atoms with Gasteiger partial charge in [0.2, 0.25) is 5.95 Å². The SMILES string of the molecule is c1ccc2sc(-c3cccc4nc(Nc5ccc(OCCN6CCCC6)cc5)nn34)cc2c1. The van der Waals surface area contributed by atoms with E-state index in [9.17, 15) is 0 Å². The lowest BCUT2D eigenvalue weighted by atomic mass is 10.2. The Hall–Kier alpha value is -3.42. The summed E-state index contributed by atoms with van der Waals surface area (Å²) in [6.45, 7) is 4.11. The minimum absolute atomic E-state index is 0.575. The highest BCUT2D eigenvalue weighted by Crippen LogP contribution is 2.33. The second-order valence-electron chi connectivity index (χ2n) is 8.31. The van der Waals surface area contributed by atoms with Gasteiger partial charge in [0.1, 0.15) is 12.4 Å². The number of aromatic nitrogens is 3. The topological polar surface area (TPSA) is 54.7 Å². The van der Waals surface area contributed by atoms with Crippen LogP contribution in [0.15, 0.2) is 72.8 Å². The van der Waals surface area contributed by atoms with Crippen LogP contribution in [0.25, 0.3) is 26.3 Å². The third-order valence-corrected chi connectivity index (χ3v) is 7.16. The zero-order chi connectivity index (χ0) is 22.0. The van der Waals surface area contributed by atoms with Crippen molar-refractivity contribution in [2.24, 2.45) is 0 Å². The zero-order valence-electron chi connectivity index (χ0n) is 18.3. The van der Waals surface area contributed by atoms with Gasteiger partial charge < -0.3 is 10.1 Å². The summed E-state index contributed by atoms with van der Waals surface area (Å²) in [7, 11) is 0. The van der Waals surface area contributed by atoms with E-state index < -0.39 is 0 Å². The third-order valence-electron chi connectivity index (χ3n) is 6.02. The molecular weight excluding hydrogens is 430 g/mol. The van der Waals surface area contributed by atoms with Crippen LogP contribution in [0.2, 0.25) is 0 Å². The first kappa shape index (κ1) is 20.2. The minimum atomic E-state index is 0.575. The van der Waals surface area contributed by atoms with Crippen LogP contribution in [-0.4, -0.2) is 45.7 Å². The molecular formula is C26H25N5OS. The molecule has 4 heterocycles. The molecule has 0 bridgehead atoms. The van der Waals surface area contributed by atoms with E-state index >= 15 is 0 Å². The molecule has 0 unspecified atom stereocenters. The van der Waals surface area contributed by atoms with Crippen molar-refractivity contribution in [3.63, 3.8) is 0 Å². The van der Waals surface area contributed by atoms with Crippen molar-refractivity contribution in [3.8, 4) is 16.3 Å². The summed E-state index contributed by atoms with van der Waals surface area (Å²) in [4.78, 5) is 8.30. The molecule has 6 nitrogen and oxygen atoms in total. The number of hydrogen-bond donors (Lipinski definition) is 1. The van der Waals surface area contributed by atoms with Crippen molar-refractivity contribution >= 4 is 38.7 Å². The van der Waals surface area contributed by atoms with Crippen LogP contribution in [-0.2, 0) is 0 Å². The monoisotopic (exact) mass is 455 g/mol. The van der Waals surface area contributed by atoms with E-state index in [1.165, 1.54) is 40.9 Å². The molecule has 0 saturated carbocycles. The molecule has 0 radical (unpaired) electrons. The molecule has 1 aliphatic rings. The first-order valence-corrected chi connectivity index (χ1v) is 12.2. The highest BCUT2D eigenvalue weighted by molar-refractivity contribution is 7.22. The predicted molar refractivity (Wildman–Crippen MR) is 135 cm³/mol. The number of ether oxygens (including phenoxy) is 1. The van der Waals surface area contributed by atoms with Crippen LogP contribution < -0.4 is 10.1 Å². The molecule has 0 amide bonds. The number of benzene rings is 2. The van der Waals surface area contributed by atoms with Crippen LogP contribution in [0.3, 0.4) is 0 Å². The molecule has 5 aromatic rings. The van der Waals surface area contributed by atoms with Gasteiger partial charge in [0.05, 0.1) is 10.6 Å². The lowest BCUT2D eigenvalue weighted by Crippen LogP contribution is -2.25. The third kappa shape index (κ3) is 4.29. The Morgan fingerprint density at radius 3 is 2.64 bits per heavy atom. The summed E-state index contributed by atoms with van der Waals surface area (Å²) in [5, 5.41) is 9.30. The van der Waals surface area contributed by atoms with Gasteiger partial charge in [0, 0.05) is 16.9 Å². The van der Waals surface area contributed by atoms with E-state index in [2.05, 4.69) is 51.6 Å². The molecule has 6 rings (SSSR count). The quantitative estimate of drug-likeness (QED) is 0.335. The number of anilines is 2. The average Bonchev–Trinajstić information content (AvgIpc) is 3.59. The molecule has 1 saturated heterocycles. The van der Waals surface area contributed by atoms with Crippen LogP contribution >= 0.6 is 11.3 Å². The van der Waals surface area contributed by atoms with E-state index in [4.69, 9.17) is 9.84 Å². The molecule has 1 fully saturated rings. The van der Waals surface area contributed by atoms with E-state index in [1.54, 1.807) is 11.3 Å². The van der Waals surface area contributed by atoms with Gasteiger partial charge in [0.25, 0.3) is 0 Å². The maximum Gasteiger partial charge on any atom is 0.247 e. The van der Waals surface area contributed by atoms with Gasteiger partial charge in [-0.25, -0.2) is 4.52 Å². The lowest BCUT2D eigenvalue weighted by molar-refractivity contribution is 0.238. The lowest BCUT2D eigenvalue weighted by Gasteiger charge is -2.15. The largest absolute Gasteiger partial charge is 0.492 e. The second kappa shape index (κ2) is 8.84. The number of rotatable bonds is 7. The van der Waals surface area contributed by atoms with E-state index in [0.717, 1.165) is 35.9 Å². The normalized spacial score (nSPS) is 14.3. The highest BCUT2D eigenvalue weighted by atomic mass is 32.1. The fourth-order valence-corrected chi connectivity index (χ4v) is 5.39. The summed E-state index contributed by atoms with van der Waals surface area (Å²) in [5.74, 6) is 1.46. The Labute approximate surface area is 196 Å². The van der Waals surface area contributed by atoms with E-state index in [1.807, 2.05) is 40.9 Å². The second-order valence-corrected chi connectivity index (χ2v) is 9.40. The Morgan fingerprint density at radius 2 is 1.79 bits per heavy atom. The Bertz CT molecular complexity index is 1350. The Balaban J connectivity index is 1.17. The van der Waals surface area contributed by atoms with Crippen molar-refractivity contribution in [3.05, 3.63) is 72.8 Å². The highest BCUT2D eigenvalue weighted by Gasteiger charge is 2.12. The molecule has 1 N–H and O–H groups in total. The molecule has 0 atom stereocenters. The first-order chi connectivity index (χ1) is 16.3. The van der Waals surface area contributed by atoms with Gasteiger partial charge >= 0.3 is 0 Å². The van der Waals surface area contributed by atoms with Gasteiger partial charge in [-0.15, -0.1) is 16.4 Å². The van der Waals surface area contributed by atoms with Gasteiger partial charge in [-0.3, -0.25) is 4.90 Å². The molecule has 7 heteroatoms. The van der Waals surface area contributed by atoms with Gasteiger partial charge in [-0.2, -0.15) is 4.98 Å². The van der Waals surface area contributed by atoms with Crippen LogP contribution in [0.1, 0.15) is 12.8 Å². The Morgan fingerprint density at radius 1 is 0.939 bits per heavy atom. The molecule has 2 aromatic carbocycles. The average molecular weight is 456 g/mol. The number of fused-ring (bicyclic) bond motifs is 2. The smallest absolute Gasteiger partial charge is 0.247 e. The first-order valence-electron chi connectivity index (χ1n) is 11.4. The Kier molecular flexibility index (Phi) is 5.41. The molecule has 1 aliphatic heterocycles. The number of thiophene rings is 1. The standard InChI is InChI=1S/C26H25N5OS/c1-2-8-23-19(6-1)18-24(33-23)22-7-5-9-25-28-26(29-31(22)25)27-20-10-12-21(13-11-20)32-17-16-30-14-3-4-15-30/h1-2,5-13,18H,3-4,14-17H2,(H,27,29). The zero-order valence-corrected chi connectivity index (χ0v) is 19.1. The molecule has 33 heavy (non-hydrogen) atoms. The molecule has 0 aliphatic carbocycles.